The van der Waals surface area contributed by atoms with Gasteiger partial charge in [-0.1, -0.05) is 24.8 Å². The van der Waals surface area contributed by atoms with Crippen LogP contribution in [0.2, 0.25) is 0 Å². The van der Waals surface area contributed by atoms with Gasteiger partial charge in [0.25, 0.3) is 0 Å². The highest BCUT2D eigenvalue weighted by molar-refractivity contribution is 7.91. The van der Waals surface area contributed by atoms with Crippen LogP contribution in [0.15, 0.2) is 48.1 Å². The predicted octanol–water partition coefficient (Wildman–Crippen LogP) is 4.63. The van der Waals surface area contributed by atoms with Crippen LogP contribution in [0, 0.1) is 5.92 Å². The number of carbonyl (C=O) groups is 2. The molecule has 47 heavy (non-hydrogen) atoms. The summed E-state index contributed by atoms with van der Waals surface area (Å²) in [4.78, 5) is 37.6. The Labute approximate surface area is 268 Å². The number of likely N-dealkylation sites (tertiary alicyclic amines) is 2. The summed E-state index contributed by atoms with van der Waals surface area (Å²) < 4.78 is 78.1. The molecule has 3 N–H and O–H groups in total. The number of aromatic nitrogens is 3. The second kappa shape index (κ2) is 13.8. The molecule has 0 radical (unpaired) electrons. The summed E-state index contributed by atoms with van der Waals surface area (Å²) in [6, 6.07) is 3.71. The highest BCUT2D eigenvalue weighted by Crippen LogP contribution is 2.39. The van der Waals surface area contributed by atoms with Crippen LogP contribution < -0.4 is 5.32 Å². The third-order valence-electron chi connectivity index (χ3n) is 8.21. The van der Waals surface area contributed by atoms with Gasteiger partial charge in [-0.15, -0.1) is 0 Å². The van der Waals surface area contributed by atoms with E-state index in [0.29, 0.717) is 45.2 Å². The first-order chi connectivity index (χ1) is 22.2. The lowest BCUT2D eigenvalue weighted by Crippen LogP contribution is -2.51. The first-order valence-corrected chi connectivity index (χ1v) is 16.8. The molecule has 13 nitrogen and oxygen atoms in total. The maximum absolute atomic E-state index is 14.1. The van der Waals surface area contributed by atoms with E-state index in [-0.39, 0.29) is 52.9 Å². The molecule has 1 aromatic carbocycles. The fourth-order valence-electron chi connectivity index (χ4n) is 5.89. The number of piperidine rings is 2. The number of amides is 2. The second-order valence-electron chi connectivity index (χ2n) is 11.6. The number of sulfone groups is 1. The van der Waals surface area contributed by atoms with Gasteiger partial charge in [-0.2, -0.15) is 13.2 Å². The SMILES string of the molecule is C=CCOC(=O)N1CCC(CO[C@@H]2C[C@H](Nc3ncc(C(F)(F)F)c(-c4c[nH]c5c(S(C)(=O)=O)cccc45)n3)CN(C(=O)O)C2)CC1. The molecule has 2 saturated heterocycles. The number of halogens is 3. The lowest BCUT2D eigenvalue weighted by molar-refractivity contribution is -0.137. The van der Waals surface area contributed by atoms with Crippen LogP contribution in [0.4, 0.5) is 28.7 Å². The van der Waals surface area contributed by atoms with E-state index in [1.807, 2.05) is 0 Å². The largest absolute Gasteiger partial charge is 0.465 e. The molecular weight excluding hydrogens is 645 g/mol. The van der Waals surface area contributed by atoms with E-state index in [1.54, 1.807) is 4.90 Å². The number of carboxylic acid groups (broad SMARTS) is 1. The Hall–Kier alpha value is -4.38. The van der Waals surface area contributed by atoms with Crippen molar-refractivity contribution in [1.82, 2.24) is 24.8 Å². The van der Waals surface area contributed by atoms with Crippen molar-refractivity contribution in [3.05, 3.63) is 48.8 Å². The number of rotatable bonds is 9. The number of ether oxygens (including phenoxy) is 2. The molecule has 2 aliphatic heterocycles. The van der Waals surface area contributed by atoms with E-state index in [1.165, 1.54) is 35.4 Å². The van der Waals surface area contributed by atoms with Crippen molar-refractivity contribution in [1.29, 1.82) is 0 Å². The van der Waals surface area contributed by atoms with Crippen molar-refractivity contribution in [2.75, 3.05) is 51.0 Å². The number of H-pyrrole nitrogens is 1. The second-order valence-corrected chi connectivity index (χ2v) is 13.6. The summed E-state index contributed by atoms with van der Waals surface area (Å²) in [5.74, 6) is -0.0152. The fraction of sp³-hybridized carbons (Fsp3) is 0.467. The van der Waals surface area contributed by atoms with Crippen LogP contribution in [-0.4, -0.2) is 108 Å². The van der Waals surface area contributed by atoms with Crippen LogP contribution in [-0.2, 0) is 25.5 Å². The maximum atomic E-state index is 14.1. The van der Waals surface area contributed by atoms with Gasteiger partial charge in [-0.3, -0.25) is 0 Å². The smallest absolute Gasteiger partial charge is 0.419 e. The molecule has 4 heterocycles. The lowest BCUT2D eigenvalue weighted by atomic mass is 9.97. The van der Waals surface area contributed by atoms with Crippen LogP contribution >= 0.6 is 0 Å². The molecule has 2 atom stereocenters. The highest BCUT2D eigenvalue weighted by Gasteiger charge is 2.37. The van der Waals surface area contributed by atoms with Gasteiger partial charge < -0.3 is 34.7 Å². The summed E-state index contributed by atoms with van der Waals surface area (Å²) in [5.41, 5.74) is -1.41. The van der Waals surface area contributed by atoms with E-state index in [4.69, 9.17) is 9.47 Å². The first kappa shape index (κ1) is 34.0. The molecule has 3 aromatic rings. The molecule has 5 rings (SSSR count). The summed E-state index contributed by atoms with van der Waals surface area (Å²) in [6.07, 6.45) is -0.792. The number of para-hydroxylation sites is 1. The Morgan fingerprint density at radius 3 is 2.62 bits per heavy atom. The summed E-state index contributed by atoms with van der Waals surface area (Å²) >= 11 is 0. The minimum atomic E-state index is -4.82. The van der Waals surface area contributed by atoms with Crippen molar-refractivity contribution < 1.29 is 45.8 Å². The molecule has 0 aliphatic carbocycles. The number of anilines is 1. The third kappa shape index (κ3) is 7.96. The quantitative estimate of drug-likeness (QED) is 0.271. The number of benzene rings is 1. The van der Waals surface area contributed by atoms with E-state index < -0.39 is 51.6 Å². The standard InChI is InChI=1S/C30H35F3N6O7S/c1-3-11-45-29(42)38-9-7-18(8-10-38)17-46-20-12-19(15-39(16-20)28(40)41)36-27-35-14-23(30(31,32)33)25(37-27)22-13-34-26-21(22)5-4-6-24(26)47(2,43)44/h3-6,13-14,18-20,34H,1,7-12,15-17H2,2H3,(H,40,41)(H,35,36,37)/t19-,20+/m0/s1. The minimum absolute atomic E-state index is 0.0188. The van der Waals surface area contributed by atoms with Gasteiger partial charge in [0, 0.05) is 61.9 Å². The van der Waals surface area contributed by atoms with Crippen molar-refractivity contribution >= 4 is 38.9 Å². The molecule has 0 saturated carbocycles. The maximum Gasteiger partial charge on any atom is 0.419 e. The molecular formula is C30H35F3N6O7S. The highest BCUT2D eigenvalue weighted by atomic mass is 32.2. The van der Waals surface area contributed by atoms with E-state index in [9.17, 15) is 36.3 Å². The van der Waals surface area contributed by atoms with Crippen molar-refractivity contribution in [3.63, 3.8) is 0 Å². The number of aromatic amines is 1. The third-order valence-corrected chi connectivity index (χ3v) is 9.35. The van der Waals surface area contributed by atoms with Crippen LogP contribution in [0.1, 0.15) is 24.8 Å². The predicted molar refractivity (Wildman–Crippen MR) is 165 cm³/mol. The minimum Gasteiger partial charge on any atom is -0.465 e. The van der Waals surface area contributed by atoms with Crippen molar-refractivity contribution in [2.45, 2.75) is 42.5 Å². The van der Waals surface area contributed by atoms with Gasteiger partial charge in [-0.05, 0) is 31.2 Å². The van der Waals surface area contributed by atoms with E-state index in [0.717, 1.165) is 6.26 Å². The zero-order chi connectivity index (χ0) is 33.9. The topological polar surface area (TPSA) is 167 Å². The Morgan fingerprint density at radius 2 is 1.96 bits per heavy atom. The number of alkyl halides is 3. The summed E-state index contributed by atoms with van der Waals surface area (Å²) in [5, 5.41) is 13.0. The number of nitrogens with one attached hydrogen (secondary N) is 2. The number of hydrogen-bond donors (Lipinski definition) is 3. The van der Waals surface area contributed by atoms with Gasteiger partial charge in [0.1, 0.15) is 12.2 Å². The Morgan fingerprint density at radius 1 is 1.21 bits per heavy atom. The van der Waals surface area contributed by atoms with Gasteiger partial charge in [0.15, 0.2) is 9.84 Å². The van der Waals surface area contributed by atoms with Gasteiger partial charge in [-0.25, -0.2) is 28.0 Å². The average Bonchev–Trinajstić information content (AvgIpc) is 3.46. The Bertz CT molecular complexity index is 1740. The Balaban J connectivity index is 1.32. The van der Waals surface area contributed by atoms with Crippen LogP contribution in [0.3, 0.4) is 0 Å². The van der Waals surface area contributed by atoms with E-state index in [2.05, 4.69) is 26.8 Å². The monoisotopic (exact) mass is 680 g/mol. The molecule has 0 bridgehead atoms. The molecule has 254 valence electrons. The molecule has 17 heteroatoms. The number of carbonyl (C=O) groups excluding carboxylic acids is 1. The molecule has 2 amide bonds. The zero-order valence-electron chi connectivity index (χ0n) is 25.5. The van der Waals surface area contributed by atoms with Crippen LogP contribution in [0.5, 0.6) is 0 Å². The van der Waals surface area contributed by atoms with Crippen molar-refractivity contribution in [2.24, 2.45) is 5.92 Å². The average molecular weight is 681 g/mol. The molecule has 0 unspecified atom stereocenters. The fourth-order valence-corrected chi connectivity index (χ4v) is 6.75. The molecule has 0 spiro atoms. The lowest BCUT2D eigenvalue weighted by Gasteiger charge is -2.37. The zero-order valence-corrected chi connectivity index (χ0v) is 26.3. The van der Waals surface area contributed by atoms with Gasteiger partial charge in [0.05, 0.1) is 28.8 Å². The van der Waals surface area contributed by atoms with Crippen molar-refractivity contribution in [3.8, 4) is 11.3 Å². The summed E-state index contributed by atoms with van der Waals surface area (Å²) in [6.45, 7) is 5.13. The summed E-state index contributed by atoms with van der Waals surface area (Å²) in [7, 11) is -3.69. The van der Waals surface area contributed by atoms with Crippen LogP contribution in [0.25, 0.3) is 22.2 Å². The molecule has 2 aliphatic rings. The molecule has 2 aromatic heterocycles. The first-order valence-electron chi connectivity index (χ1n) is 14.9. The molecule has 2 fully saturated rings. The normalized spacial score (nSPS) is 19.5. The Kier molecular flexibility index (Phi) is 9.95. The van der Waals surface area contributed by atoms with Gasteiger partial charge in [0.2, 0.25) is 5.95 Å². The number of hydrogen-bond acceptors (Lipinski definition) is 9. The number of fused-ring (bicyclic) bond motifs is 1. The van der Waals surface area contributed by atoms with Gasteiger partial charge >= 0.3 is 18.4 Å². The van der Waals surface area contributed by atoms with E-state index >= 15 is 0 Å². The number of nitrogens with zero attached hydrogens (tertiary/aromatic N) is 4.